The SMILES string of the molecule is CCC(c1ccccc1)N1CCNCC12CCCCC2. The fraction of sp³-hybridized carbons (Fsp3) is 0.667. The summed E-state index contributed by atoms with van der Waals surface area (Å²) >= 11 is 0. The van der Waals surface area contributed by atoms with Crippen LogP contribution in [0.15, 0.2) is 30.3 Å². The summed E-state index contributed by atoms with van der Waals surface area (Å²) in [4.78, 5) is 2.85. The Morgan fingerprint density at radius 1 is 1.15 bits per heavy atom. The third kappa shape index (κ3) is 2.64. The number of hydrogen-bond acceptors (Lipinski definition) is 2. The summed E-state index contributed by atoms with van der Waals surface area (Å²) in [5, 5.41) is 3.66. The molecule has 1 saturated heterocycles. The second kappa shape index (κ2) is 6.28. The Hall–Kier alpha value is -0.860. The Bertz CT molecular complexity index is 400. The zero-order valence-corrected chi connectivity index (χ0v) is 12.8. The van der Waals surface area contributed by atoms with Gasteiger partial charge in [-0.25, -0.2) is 0 Å². The van der Waals surface area contributed by atoms with Gasteiger partial charge in [-0.15, -0.1) is 0 Å². The standard InChI is InChI=1S/C18H28N2/c1-2-17(16-9-5-3-6-10-16)20-14-13-19-15-18(20)11-7-4-8-12-18/h3,5-6,9-10,17,19H,2,4,7-8,11-15H2,1H3. The molecule has 0 bridgehead atoms. The van der Waals surface area contributed by atoms with Crippen LogP contribution in [-0.4, -0.2) is 30.1 Å². The maximum absolute atomic E-state index is 3.66. The van der Waals surface area contributed by atoms with Gasteiger partial charge in [-0.2, -0.15) is 0 Å². The molecular formula is C18H28N2. The van der Waals surface area contributed by atoms with Gasteiger partial charge in [0.2, 0.25) is 0 Å². The lowest BCUT2D eigenvalue weighted by Crippen LogP contribution is -2.62. The molecule has 1 aromatic carbocycles. The van der Waals surface area contributed by atoms with E-state index >= 15 is 0 Å². The molecule has 1 N–H and O–H groups in total. The van der Waals surface area contributed by atoms with Crippen molar-refractivity contribution >= 4 is 0 Å². The van der Waals surface area contributed by atoms with E-state index in [9.17, 15) is 0 Å². The van der Waals surface area contributed by atoms with Crippen LogP contribution in [0.3, 0.4) is 0 Å². The van der Waals surface area contributed by atoms with E-state index in [1.54, 1.807) is 0 Å². The first-order valence-corrected chi connectivity index (χ1v) is 8.38. The number of nitrogens with one attached hydrogen (secondary N) is 1. The van der Waals surface area contributed by atoms with Crippen LogP contribution < -0.4 is 5.32 Å². The molecule has 0 amide bonds. The van der Waals surface area contributed by atoms with Crippen LogP contribution in [0.5, 0.6) is 0 Å². The highest BCUT2D eigenvalue weighted by Gasteiger charge is 2.42. The van der Waals surface area contributed by atoms with E-state index in [2.05, 4.69) is 47.5 Å². The van der Waals surface area contributed by atoms with E-state index in [4.69, 9.17) is 0 Å². The van der Waals surface area contributed by atoms with Gasteiger partial charge in [0, 0.05) is 31.2 Å². The van der Waals surface area contributed by atoms with Crippen molar-refractivity contribution in [1.82, 2.24) is 10.2 Å². The highest BCUT2D eigenvalue weighted by Crippen LogP contribution is 2.40. The first-order chi connectivity index (χ1) is 9.86. The molecule has 2 aliphatic rings. The van der Waals surface area contributed by atoms with E-state index in [1.165, 1.54) is 57.2 Å². The molecule has 1 aromatic rings. The molecular weight excluding hydrogens is 244 g/mol. The smallest absolute Gasteiger partial charge is 0.0352 e. The van der Waals surface area contributed by atoms with Crippen LogP contribution >= 0.6 is 0 Å². The summed E-state index contributed by atoms with van der Waals surface area (Å²) in [5.41, 5.74) is 1.93. The molecule has 3 rings (SSSR count). The molecule has 20 heavy (non-hydrogen) atoms. The van der Waals surface area contributed by atoms with E-state index in [0.717, 1.165) is 6.54 Å². The number of rotatable bonds is 3. The highest BCUT2D eigenvalue weighted by molar-refractivity contribution is 5.20. The van der Waals surface area contributed by atoms with Gasteiger partial charge in [-0.1, -0.05) is 56.5 Å². The molecule has 1 spiro atoms. The lowest BCUT2D eigenvalue weighted by molar-refractivity contribution is -0.00976. The van der Waals surface area contributed by atoms with Crippen molar-refractivity contribution < 1.29 is 0 Å². The topological polar surface area (TPSA) is 15.3 Å². The van der Waals surface area contributed by atoms with Crippen molar-refractivity contribution in [2.45, 2.75) is 57.0 Å². The molecule has 1 saturated carbocycles. The maximum Gasteiger partial charge on any atom is 0.0352 e. The first kappa shape index (κ1) is 14.1. The largest absolute Gasteiger partial charge is 0.314 e. The Morgan fingerprint density at radius 2 is 1.90 bits per heavy atom. The van der Waals surface area contributed by atoms with E-state index in [0.29, 0.717) is 11.6 Å². The molecule has 2 fully saturated rings. The number of benzene rings is 1. The molecule has 2 heteroatoms. The molecule has 1 atom stereocenters. The second-order valence-electron chi connectivity index (χ2n) is 6.49. The molecule has 1 aliphatic heterocycles. The van der Waals surface area contributed by atoms with Gasteiger partial charge in [0.05, 0.1) is 0 Å². The lowest BCUT2D eigenvalue weighted by Gasteiger charge is -2.53. The predicted octanol–water partition coefficient (Wildman–Crippen LogP) is 3.75. The zero-order valence-electron chi connectivity index (χ0n) is 12.8. The van der Waals surface area contributed by atoms with Gasteiger partial charge >= 0.3 is 0 Å². The van der Waals surface area contributed by atoms with Crippen molar-refractivity contribution in [2.24, 2.45) is 0 Å². The fourth-order valence-electron chi connectivity index (χ4n) is 4.33. The summed E-state index contributed by atoms with van der Waals surface area (Å²) in [5.74, 6) is 0. The average molecular weight is 272 g/mol. The van der Waals surface area contributed by atoms with E-state index in [1.807, 2.05) is 0 Å². The molecule has 0 aromatic heterocycles. The summed E-state index contributed by atoms with van der Waals surface area (Å²) < 4.78 is 0. The minimum absolute atomic E-state index is 0.424. The van der Waals surface area contributed by atoms with Gasteiger partial charge in [0.15, 0.2) is 0 Å². The van der Waals surface area contributed by atoms with Crippen molar-refractivity contribution in [3.63, 3.8) is 0 Å². The van der Waals surface area contributed by atoms with Gasteiger partial charge < -0.3 is 5.32 Å². The fourth-order valence-corrected chi connectivity index (χ4v) is 4.33. The third-order valence-electron chi connectivity index (χ3n) is 5.32. The van der Waals surface area contributed by atoms with Crippen molar-refractivity contribution in [3.05, 3.63) is 35.9 Å². The molecule has 2 nitrogen and oxygen atoms in total. The molecule has 1 unspecified atom stereocenters. The summed E-state index contributed by atoms with van der Waals surface area (Å²) in [6, 6.07) is 11.7. The van der Waals surface area contributed by atoms with Gasteiger partial charge in [-0.3, -0.25) is 4.90 Å². The second-order valence-corrected chi connectivity index (χ2v) is 6.49. The average Bonchev–Trinajstić information content (AvgIpc) is 2.52. The first-order valence-electron chi connectivity index (χ1n) is 8.38. The number of nitrogens with zero attached hydrogens (tertiary/aromatic N) is 1. The highest BCUT2D eigenvalue weighted by atomic mass is 15.3. The third-order valence-corrected chi connectivity index (χ3v) is 5.32. The molecule has 110 valence electrons. The summed E-state index contributed by atoms with van der Waals surface area (Å²) in [7, 11) is 0. The number of piperazine rings is 1. The van der Waals surface area contributed by atoms with Gasteiger partial charge in [0.25, 0.3) is 0 Å². The predicted molar refractivity (Wildman–Crippen MR) is 84.9 cm³/mol. The van der Waals surface area contributed by atoms with Crippen LogP contribution in [0.4, 0.5) is 0 Å². The van der Waals surface area contributed by atoms with Crippen LogP contribution in [0.2, 0.25) is 0 Å². The normalized spacial score (nSPS) is 24.6. The summed E-state index contributed by atoms with van der Waals surface area (Å²) in [6.45, 7) is 5.88. The minimum Gasteiger partial charge on any atom is -0.314 e. The maximum atomic E-state index is 3.66. The zero-order chi connectivity index (χ0) is 13.8. The quantitative estimate of drug-likeness (QED) is 0.901. The Balaban J connectivity index is 1.88. The summed E-state index contributed by atoms with van der Waals surface area (Å²) in [6.07, 6.45) is 8.21. The molecule has 0 radical (unpaired) electrons. The Morgan fingerprint density at radius 3 is 2.60 bits per heavy atom. The Labute approximate surface area is 123 Å². The minimum atomic E-state index is 0.424. The van der Waals surface area contributed by atoms with Crippen LogP contribution in [0, 0.1) is 0 Å². The van der Waals surface area contributed by atoms with Gasteiger partial charge in [-0.05, 0) is 24.8 Å². The van der Waals surface area contributed by atoms with Gasteiger partial charge in [0.1, 0.15) is 0 Å². The monoisotopic (exact) mass is 272 g/mol. The number of hydrogen-bond donors (Lipinski definition) is 1. The molecule has 1 heterocycles. The molecule has 1 aliphatic carbocycles. The van der Waals surface area contributed by atoms with Crippen LogP contribution in [0.25, 0.3) is 0 Å². The van der Waals surface area contributed by atoms with Crippen LogP contribution in [-0.2, 0) is 0 Å². The van der Waals surface area contributed by atoms with Crippen molar-refractivity contribution in [2.75, 3.05) is 19.6 Å². The van der Waals surface area contributed by atoms with E-state index < -0.39 is 0 Å². The van der Waals surface area contributed by atoms with E-state index in [-0.39, 0.29) is 0 Å². The van der Waals surface area contributed by atoms with Crippen molar-refractivity contribution in [1.29, 1.82) is 0 Å². The Kier molecular flexibility index (Phi) is 4.42. The van der Waals surface area contributed by atoms with Crippen molar-refractivity contribution in [3.8, 4) is 0 Å². The lowest BCUT2D eigenvalue weighted by atomic mass is 9.77. The van der Waals surface area contributed by atoms with Crippen LogP contribution in [0.1, 0.15) is 57.1 Å².